The SMILES string of the molecule is CCC(CO)(CCCn1nc(C)nc1C)NC1CC1. The highest BCUT2D eigenvalue weighted by Gasteiger charge is 2.33. The highest BCUT2D eigenvalue weighted by Crippen LogP contribution is 2.27. The monoisotopic (exact) mass is 266 g/mol. The van der Waals surface area contributed by atoms with E-state index in [4.69, 9.17) is 0 Å². The summed E-state index contributed by atoms with van der Waals surface area (Å²) in [5, 5.41) is 17.7. The van der Waals surface area contributed by atoms with Crippen LogP contribution in [0, 0.1) is 13.8 Å². The van der Waals surface area contributed by atoms with Gasteiger partial charge in [0.1, 0.15) is 11.6 Å². The Bertz CT molecular complexity index is 408. The second-order valence-electron chi connectivity index (χ2n) is 5.74. The summed E-state index contributed by atoms with van der Waals surface area (Å²) in [5.41, 5.74) is -0.106. The molecule has 1 aliphatic rings. The number of rotatable bonds is 8. The van der Waals surface area contributed by atoms with Crippen LogP contribution < -0.4 is 5.32 Å². The van der Waals surface area contributed by atoms with Crippen LogP contribution in [0.25, 0.3) is 0 Å². The largest absolute Gasteiger partial charge is 0.394 e. The zero-order valence-corrected chi connectivity index (χ0v) is 12.3. The van der Waals surface area contributed by atoms with Crippen LogP contribution in [0.15, 0.2) is 0 Å². The van der Waals surface area contributed by atoms with Gasteiger partial charge in [0, 0.05) is 18.1 Å². The lowest BCUT2D eigenvalue weighted by Gasteiger charge is -2.32. The molecule has 0 amide bonds. The van der Waals surface area contributed by atoms with Crippen molar-refractivity contribution >= 4 is 0 Å². The first kappa shape index (κ1) is 14.5. The number of aryl methyl sites for hydroxylation is 3. The van der Waals surface area contributed by atoms with E-state index in [9.17, 15) is 5.11 Å². The Morgan fingerprint density at radius 1 is 1.42 bits per heavy atom. The molecule has 0 bridgehead atoms. The molecule has 1 aromatic heterocycles. The number of aliphatic hydroxyl groups is 1. The molecule has 1 aromatic rings. The Hall–Kier alpha value is -0.940. The summed E-state index contributed by atoms with van der Waals surface area (Å²) < 4.78 is 1.96. The van der Waals surface area contributed by atoms with Gasteiger partial charge in [-0.15, -0.1) is 0 Å². The molecule has 0 spiro atoms. The minimum atomic E-state index is -0.106. The van der Waals surface area contributed by atoms with Gasteiger partial charge in [-0.2, -0.15) is 5.10 Å². The summed E-state index contributed by atoms with van der Waals surface area (Å²) in [4.78, 5) is 4.31. The van der Waals surface area contributed by atoms with E-state index in [2.05, 4.69) is 22.3 Å². The van der Waals surface area contributed by atoms with E-state index in [0.717, 1.165) is 37.5 Å². The lowest BCUT2D eigenvalue weighted by molar-refractivity contribution is 0.140. The Morgan fingerprint density at radius 2 is 2.16 bits per heavy atom. The fourth-order valence-electron chi connectivity index (χ4n) is 2.59. The average molecular weight is 266 g/mol. The summed E-state index contributed by atoms with van der Waals surface area (Å²) in [6.45, 7) is 7.15. The van der Waals surface area contributed by atoms with Crippen molar-refractivity contribution in [3.8, 4) is 0 Å². The van der Waals surface area contributed by atoms with Crippen molar-refractivity contribution in [1.82, 2.24) is 20.1 Å². The molecule has 108 valence electrons. The van der Waals surface area contributed by atoms with Crippen molar-refractivity contribution in [2.45, 2.75) is 71.0 Å². The summed E-state index contributed by atoms with van der Waals surface area (Å²) in [5.74, 6) is 1.80. The molecular formula is C14H26N4O. The van der Waals surface area contributed by atoms with Crippen molar-refractivity contribution in [3.63, 3.8) is 0 Å². The van der Waals surface area contributed by atoms with E-state index in [1.807, 2.05) is 18.5 Å². The number of nitrogens with zero attached hydrogens (tertiary/aromatic N) is 3. The smallest absolute Gasteiger partial charge is 0.147 e. The molecule has 1 aliphatic carbocycles. The van der Waals surface area contributed by atoms with Crippen molar-refractivity contribution < 1.29 is 5.11 Å². The molecular weight excluding hydrogens is 240 g/mol. The van der Waals surface area contributed by atoms with Crippen LogP contribution in [-0.2, 0) is 6.54 Å². The molecule has 2 rings (SSSR count). The van der Waals surface area contributed by atoms with E-state index in [1.54, 1.807) is 0 Å². The number of aliphatic hydroxyl groups excluding tert-OH is 1. The van der Waals surface area contributed by atoms with Crippen LogP contribution in [0.2, 0.25) is 0 Å². The van der Waals surface area contributed by atoms with Gasteiger partial charge in [-0.05, 0) is 46.0 Å². The van der Waals surface area contributed by atoms with Crippen LogP contribution in [-0.4, -0.2) is 38.1 Å². The molecule has 1 fully saturated rings. The molecule has 5 heteroatoms. The quantitative estimate of drug-likeness (QED) is 0.749. The molecule has 0 saturated heterocycles. The van der Waals surface area contributed by atoms with Crippen LogP contribution in [0.1, 0.15) is 50.7 Å². The van der Waals surface area contributed by atoms with Gasteiger partial charge < -0.3 is 10.4 Å². The van der Waals surface area contributed by atoms with Gasteiger partial charge in [0.15, 0.2) is 0 Å². The second-order valence-corrected chi connectivity index (χ2v) is 5.74. The highest BCUT2D eigenvalue weighted by molar-refractivity contribution is 4.94. The maximum atomic E-state index is 9.71. The predicted molar refractivity (Wildman–Crippen MR) is 75.0 cm³/mol. The molecule has 1 saturated carbocycles. The van der Waals surface area contributed by atoms with Gasteiger partial charge in [0.2, 0.25) is 0 Å². The van der Waals surface area contributed by atoms with E-state index >= 15 is 0 Å². The summed E-state index contributed by atoms with van der Waals surface area (Å²) >= 11 is 0. The minimum absolute atomic E-state index is 0.106. The normalized spacial score (nSPS) is 18.5. The lowest BCUT2D eigenvalue weighted by Crippen LogP contribution is -2.49. The molecule has 19 heavy (non-hydrogen) atoms. The van der Waals surface area contributed by atoms with Gasteiger partial charge in [-0.1, -0.05) is 6.92 Å². The number of hydrogen-bond acceptors (Lipinski definition) is 4. The summed E-state index contributed by atoms with van der Waals surface area (Å²) in [6, 6.07) is 0.627. The van der Waals surface area contributed by atoms with Crippen LogP contribution >= 0.6 is 0 Å². The highest BCUT2D eigenvalue weighted by atomic mass is 16.3. The second kappa shape index (κ2) is 6.01. The van der Waals surface area contributed by atoms with Crippen LogP contribution in [0.5, 0.6) is 0 Å². The molecule has 1 heterocycles. The average Bonchev–Trinajstić information content (AvgIpc) is 3.14. The minimum Gasteiger partial charge on any atom is -0.394 e. The number of hydrogen-bond donors (Lipinski definition) is 2. The van der Waals surface area contributed by atoms with Gasteiger partial charge in [0.05, 0.1) is 6.61 Å². The lowest BCUT2D eigenvalue weighted by atomic mass is 9.91. The molecule has 0 aliphatic heterocycles. The Labute approximate surface area is 115 Å². The fourth-order valence-corrected chi connectivity index (χ4v) is 2.59. The van der Waals surface area contributed by atoms with Gasteiger partial charge >= 0.3 is 0 Å². The zero-order chi connectivity index (χ0) is 13.9. The zero-order valence-electron chi connectivity index (χ0n) is 12.3. The Kier molecular flexibility index (Phi) is 4.58. The van der Waals surface area contributed by atoms with Crippen molar-refractivity contribution in [2.24, 2.45) is 0 Å². The molecule has 5 nitrogen and oxygen atoms in total. The van der Waals surface area contributed by atoms with E-state index < -0.39 is 0 Å². The van der Waals surface area contributed by atoms with Crippen LogP contribution in [0.3, 0.4) is 0 Å². The number of nitrogens with one attached hydrogen (secondary N) is 1. The first-order chi connectivity index (χ1) is 9.08. The van der Waals surface area contributed by atoms with Crippen LogP contribution in [0.4, 0.5) is 0 Å². The fraction of sp³-hybridized carbons (Fsp3) is 0.857. The first-order valence-electron chi connectivity index (χ1n) is 7.35. The van der Waals surface area contributed by atoms with Gasteiger partial charge in [-0.25, -0.2) is 4.98 Å². The van der Waals surface area contributed by atoms with Crippen molar-refractivity contribution in [2.75, 3.05) is 6.61 Å². The summed E-state index contributed by atoms with van der Waals surface area (Å²) in [7, 11) is 0. The van der Waals surface area contributed by atoms with Crippen molar-refractivity contribution in [3.05, 3.63) is 11.6 Å². The molecule has 0 radical (unpaired) electrons. The van der Waals surface area contributed by atoms with E-state index in [1.165, 1.54) is 12.8 Å². The van der Waals surface area contributed by atoms with Gasteiger partial charge in [0.25, 0.3) is 0 Å². The number of aromatic nitrogens is 3. The predicted octanol–water partition coefficient (Wildman–Crippen LogP) is 1.57. The van der Waals surface area contributed by atoms with E-state index in [0.29, 0.717) is 6.04 Å². The van der Waals surface area contributed by atoms with Crippen molar-refractivity contribution in [1.29, 1.82) is 0 Å². The third kappa shape index (κ3) is 3.76. The summed E-state index contributed by atoms with van der Waals surface area (Å²) in [6.07, 6.45) is 5.47. The molecule has 2 N–H and O–H groups in total. The maximum Gasteiger partial charge on any atom is 0.147 e. The third-order valence-corrected chi connectivity index (χ3v) is 4.05. The topological polar surface area (TPSA) is 63.0 Å². The maximum absolute atomic E-state index is 9.71. The Morgan fingerprint density at radius 3 is 2.63 bits per heavy atom. The Balaban J connectivity index is 1.86. The van der Waals surface area contributed by atoms with Gasteiger partial charge in [-0.3, -0.25) is 4.68 Å². The molecule has 1 unspecified atom stereocenters. The third-order valence-electron chi connectivity index (χ3n) is 4.05. The molecule has 1 atom stereocenters. The molecule has 0 aromatic carbocycles. The van der Waals surface area contributed by atoms with E-state index in [-0.39, 0.29) is 12.1 Å². The first-order valence-corrected chi connectivity index (χ1v) is 7.35. The standard InChI is InChI=1S/C14H26N4O/c1-4-14(10-19,16-13-6-7-13)8-5-9-18-12(3)15-11(2)17-18/h13,16,19H,4-10H2,1-3H3.